The van der Waals surface area contributed by atoms with Gasteiger partial charge >= 0.3 is 17.1 Å². The maximum absolute atomic E-state index is 13.1. The standard InChI is InChI=1S/C41H68N5O7P.C25H36N5O7P.C22H31N4O6P.3CH4/c1-8-10-11-12-13-14-15-16-17-18-19-20-21-22-23-26-35(47)43-27-24-25-34-30-45(40(49)44-38(34)48)39-36-37(41(9-2,52-39)31-50-36)53-54(51-29-28-42-7)46(32(3)4)33(5)6;1-8-25-15-34-20(21(25)37-38(35-13-12-26-7)30(16(2)3)17(4)5)23(36-25)29-14-19(22(32)28-24(29)33)10-9-11-27-18(6)31;1-8-16-12-25(21(28)24-19(16)27)20-17-18(22(9-2,31-20)13-29-17)32-33(30-11-10-23-7)26(14(3)4)15(5)6;;;/h30,32-33,36-37,39H,8-23,26-29,31H2,1-6H3,(H,43,47)(H,44,48,49);14,16-17,20-21,23H,8,11-13,15H2,1-6H3,(H,27,31)(H,28,32,33);1,12,14-15,17-18,20H,9-11,13H2,2-6H3,(H,24,27,28);3*1H4/t36-,37?,39-,41-,54?;20-,21?,23-,25-,38?;17-,18?,20-,22-,33?;;;/m111.../s1. The van der Waals surface area contributed by atoms with E-state index >= 15 is 0 Å². The fourth-order valence-electron chi connectivity index (χ4n) is 16.1. The number of nitrogens with zero attached hydrogens (tertiary/aromatic N) is 9. The first-order valence-corrected chi connectivity index (χ1v) is 47.7. The van der Waals surface area contributed by atoms with Crippen LogP contribution in [0.5, 0.6) is 0 Å². The maximum atomic E-state index is 13.1. The van der Waals surface area contributed by atoms with E-state index < -0.39 is 131 Å². The van der Waals surface area contributed by atoms with Gasteiger partial charge in [0.25, 0.3) is 42.3 Å². The molecule has 9 heterocycles. The van der Waals surface area contributed by atoms with E-state index in [0.717, 1.165) is 19.3 Å². The lowest BCUT2D eigenvalue weighted by Gasteiger charge is -2.38. The van der Waals surface area contributed by atoms with E-state index in [2.05, 4.69) is 174 Å². The molecule has 6 aliphatic heterocycles. The first-order chi connectivity index (χ1) is 59.8. The van der Waals surface area contributed by atoms with Crippen molar-refractivity contribution in [3.05, 3.63) is 132 Å². The van der Waals surface area contributed by atoms with Crippen LogP contribution in [0.25, 0.3) is 14.5 Å². The predicted octanol–water partition coefficient (Wildman–Crippen LogP) is 13.9. The SMILES string of the molecule is C.C.C.[C-]#[N+]CCOP(OC1[C@H]2OC[C@@]1(CC)O[C@H]2n1cc(C#C)c(=O)[nH]c1=O)N(C(C)C)C(C)C.[C-]#[N+]CCOP(OC1[C@H]2OC[C@@]1(CC)O[C@H]2n1cc(C#CCNC(=O)CCCCCCCCCCCCCCCCC)c(=O)[nH]c1=O)N(C(C)C)C(C)C.[C-]#[N+]CCOP(OC1[C@H]2OC[C@@]1(CC)O[C@H]2n1cc(C#CCNC(C)=O)c(=O)[nH]c1=O)N(C(C)C)C(C)C. The van der Waals surface area contributed by atoms with Crippen LogP contribution in [0.15, 0.2) is 47.4 Å². The molecule has 0 aromatic carbocycles. The molecule has 6 fully saturated rings. The van der Waals surface area contributed by atoms with Gasteiger partial charge < -0.3 is 80.7 Å². The molecule has 0 spiro atoms. The van der Waals surface area contributed by atoms with Crippen molar-refractivity contribution in [3.8, 4) is 36.0 Å². The highest BCUT2D eigenvalue weighted by atomic mass is 31.2. The van der Waals surface area contributed by atoms with Crippen molar-refractivity contribution in [2.45, 2.75) is 370 Å². The lowest BCUT2D eigenvalue weighted by molar-refractivity contribution is -0.175. The average Bonchev–Trinajstić information content (AvgIpc) is 1.58. The Morgan fingerprint density at radius 3 is 1.03 bits per heavy atom. The number of H-pyrrole nitrogens is 3. The number of rotatable bonds is 48. The fourth-order valence-corrected chi connectivity index (χ4v) is 21.5. The van der Waals surface area contributed by atoms with E-state index in [1.54, 1.807) is 0 Å². The van der Waals surface area contributed by atoms with Gasteiger partial charge in [-0.25, -0.2) is 48.1 Å². The zero-order valence-corrected chi connectivity index (χ0v) is 78.9. The topological polar surface area (TPSA) is 356 Å². The summed E-state index contributed by atoms with van der Waals surface area (Å²) in [6.45, 7) is 58.0. The Morgan fingerprint density at radius 2 is 0.758 bits per heavy atom. The average molecular weight is 1850 g/mol. The van der Waals surface area contributed by atoms with Crippen LogP contribution in [-0.4, -0.2) is 217 Å². The lowest BCUT2D eigenvalue weighted by atomic mass is 9.96. The third-order valence-electron chi connectivity index (χ3n) is 22.4. The molecule has 6 saturated heterocycles. The molecule has 6 aliphatic rings. The molecule has 0 saturated carbocycles. The second-order valence-electron chi connectivity index (χ2n) is 33.5. The summed E-state index contributed by atoms with van der Waals surface area (Å²) in [5, 5.41) is 5.35. The zero-order chi connectivity index (χ0) is 91.7. The van der Waals surface area contributed by atoms with Crippen molar-refractivity contribution in [1.29, 1.82) is 0 Å². The largest absolute Gasteiger partial charge is 0.368 e. The zero-order valence-electron chi connectivity index (χ0n) is 76.2. The number of nitrogens with one attached hydrogen (secondary N) is 5. The third kappa shape index (κ3) is 30.4. The van der Waals surface area contributed by atoms with Gasteiger partial charge in [-0.05, 0) is 109 Å². The summed E-state index contributed by atoms with van der Waals surface area (Å²) in [5.41, 5.74) is -6.09. The molecule has 15 atom stereocenters. The normalized spacial score (nSPS) is 23.3. The van der Waals surface area contributed by atoms with Crippen molar-refractivity contribution in [2.24, 2.45) is 0 Å². The summed E-state index contributed by atoms with van der Waals surface area (Å²) in [6, 6.07) is 0.726. The van der Waals surface area contributed by atoms with Crippen molar-refractivity contribution in [3.63, 3.8) is 0 Å². The van der Waals surface area contributed by atoms with E-state index in [1.807, 2.05) is 20.8 Å². The predicted molar refractivity (Wildman–Crippen MR) is 500 cm³/mol. The van der Waals surface area contributed by atoms with Crippen LogP contribution in [0.3, 0.4) is 0 Å². The van der Waals surface area contributed by atoms with Gasteiger partial charge in [0, 0.05) is 68.2 Å². The van der Waals surface area contributed by atoms with Crippen LogP contribution in [0.4, 0.5) is 0 Å². The summed E-state index contributed by atoms with van der Waals surface area (Å²) in [4.78, 5) is 116. The number of aromatic amines is 3. The van der Waals surface area contributed by atoms with Gasteiger partial charge in [0.05, 0.1) is 32.9 Å². The number of terminal acetylenes is 1. The molecule has 9 rings (SSSR count). The monoisotopic (exact) mass is 1850 g/mol. The first kappa shape index (κ1) is 113. The highest BCUT2D eigenvalue weighted by Gasteiger charge is 2.66. The molecular formula is C91H147N14O20P3. The Balaban J connectivity index is 0.000000411. The number of aromatic nitrogens is 6. The lowest BCUT2D eigenvalue weighted by Crippen LogP contribution is -2.43. The summed E-state index contributed by atoms with van der Waals surface area (Å²) in [7, 11) is -4.69. The molecule has 3 aromatic rings. The number of amides is 2. The molecule has 716 valence electrons. The first-order valence-electron chi connectivity index (χ1n) is 44.3. The molecule has 0 aliphatic carbocycles. The molecule has 6 bridgehead atoms. The number of hydrogen-bond donors (Lipinski definition) is 5. The van der Waals surface area contributed by atoms with Crippen LogP contribution < -0.4 is 44.4 Å². The van der Waals surface area contributed by atoms with Gasteiger partial charge in [-0.1, -0.05) is 169 Å². The van der Waals surface area contributed by atoms with Gasteiger partial charge in [0.2, 0.25) is 31.4 Å². The molecular weight excluding hydrogens is 1700 g/mol. The molecule has 2 amide bonds. The minimum atomic E-state index is -1.58. The van der Waals surface area contributed by atoms with Gasteiger partial charge in [0.1, 0.15) is 89.9 Å². The minimum Gasteiger partial charge on any atom is -0.368 e. The highest BCUT2D eigenvalue weighted by Crippen LogP contribution is 2.59. The quantitative estimate of drug-likeness (QED) is 0.0152. The maximum Gasteiger partial charge on any atom is 0.330 e. The van der Waals surface area contributed by atoms with E-state index in [1.165, 1.54) is 116 Å². The number of hydrogen-bond acceptors (Lipinski definition) is 23. The van der Waals surface area contributed by atoms with E-state index in [-0.39, 0.29) is 153 Å². The molecule has 34 nitrogen and oxygen atoms in total. The van der Waals surface area contributed by atoms with E-state index in [9.17, 15) is 38.4 Å². The Morgan fingerprint density at radius 1 is 0.477 bits per heavy atom. The van der Waals surface area contributed by atoms with Gasteiger partial charge in [-0.15, -0.1) is 6.42 Å². The van der Waals surface area contributed by atoms with Crippen LogP contribution in [0.1, 0.15) is 297 Å². The Hall–Kier alpha value is -7.18. The minimum absolute atomic E-state index is 0. The van der Waals surface area contributed by atoms with Gasteiger partial charge in [-0.2, -0.15) is 0 Å². The van der Waals surface area contributed by atoms with Crippen molar-refractivity contribution < 1.29 is 65.2 Å². The number of carbonyl (C=O) groups excluding carboxylic acids is 2. The van der Waals surface area contributed by atoms with E-state index in [0.29, 0.717) is 32.3 Å². The van der Waals surface area contributed by atoms with Crippen molar-refractivity contribution >= 4 is 37.4 Å². The second-order valence-corrected chi connectivity index (χ2v) is 37.7. The Kier molecular flexibility index (Phi) is 49.5. The Labute approximate surface area is 762 Å². The smallest absolute Gasteiger partial charge is 0.330 e. The number of fused-ring (bicyclic) bond motifs is 6. The molecule has 5 N–H and O–H groups in total. The number of unbranched alkanes of at least 4 members (excludes halogenated alkanes) is 14. The van der Waals surface area contributed by atoms with E-state index in [4.69, 9.17) is 81.7 Å². The molecule has 128 heavy (non-hydrogen) atoms. The fraction of sp³-hybridized carbons (Fsp3) is 0.747. The highest BCUT2D eigenvalue weighted by molar-refractivity contribution is 7.45. The second kappa shape index (κ2) is 56.0. The Bertz CT molecular complexity index is 4620. The van der Waals surface area contributed by atoms with Crippen molar-refractivity contribution in [2.75, 3.05) is 72.4 Å². The van der Waals surface area contributed by atoms with Crippen LogP contribution >= 0.6 is 25.6 Å². The molecule has 0 radical (unpaired) electrons. The summed E-state index contributed by atoms with van der Waals surface area (Å²) >= 11 is 0. The third-order valence-corrected chi connectivity index (χ3v) is 28.8. The molecule has 6 unspecified atom stereocenters. The number of carbonyl (C=O) groups is 2. The van der Waals surface area contributed by atoms with Crippen LogP contribution in [0, 0.1) is 55.7 Å². The summed E-state index contributed by atoms with van der Waals surface area (Å²) < 4.78 is 86.2. The van der Waals surface area contributed by atoms with Crippen molar-refractivity contribution in [1.82, 2.24) is 53.3 Å². The number of ether oxygens (including phenoxy) is 6. The summed E-state index contributed by atoms with van der Waals surface area (Å²) in [6.07, 6.45) is 24.7. The summed E-state index contributed by atoms with van der Waals surface area (Å²) in [5.74, 6) is 13.1. The molecule has 37 heteroatoms. The van der Waals surface area contributed by atoms with Crippen LogP contribution in [0.2, 0.25) is 0 Å². The van der Waals surface area contributed by atoms with Gasteiger partial charge in [0.15, 0.2) is 18.7 Å². The van der Waals surface area contributed by atoms with Gasteiger partial charge in [-0.3, -0.25) is 52.6 Å². The molecule has 3 aromatic heterocycles. The van der Waals surface area contributed by atoms with Crippen LogP contribution in [-0.2, 0) is 65.2 Å².